The van der Waals surface area contributed by atoms with Crippen LogP contribution in [0.1, 0.15) is 30.2 Å². The molecule has 0 bridgehead atoms. The van der Waals surface area contributed by atoms with Crippen LogP contribution in [-0.2, 0) is 4.74 Å². The molecule has 1 saturated heterocycles. The van der Waals surface area contributed by atoms with Gasteiger partial charge in [-0.05, 0) is 49.1 Å². The predicted octanol–water partition coefficient (Wildman–Crippen LogP) is 4.33. The highest BCUT2D eigenvalue weighted by molar-refractivity contribution is 5.97. The van der Waals surface area contributed by atoms with Crippen molar-refractivity contribution in [3.05, 3.63) is 71.9 Å². The van der Waals surface area contributed by atoms with Crippen molar-refractivity contribution in [2.75, 3.05) is 50.0 Å². The number of carbonyl (C=O) groups is 1. The number of nitrogens with zero attached hydrogens (tertiary/aromatic N) is 4. The first-order valence-electron chi connectivity index (χ1n) is 13.3. The average molecular weight is 514 g/mol. The quantitative estimate of drug-likeness (QED) is 0.307. The van der Waals surface area contributed by atoms with E-state index in [-0.39, 0.29) is 7.33 Å². The van der Waals surface area contributed by atoms with Gasteiger partial charge in [-0.1, -0.05) is 30.3 Å². The highest BCUT2D eigenvalue weighted by Gasteiger charge is 2.24. The zero-order valence-electron chi connectivity index (χ0n) is 21.6. The number of anilines is 3. The normalized spacial score (nSPS) is 15.9. The second-order valence-corrected chi connectivity index (χ2v) is 9.97. The number of amides is 1. The van der Waals surface area contributed by atoms with E-state index < -0.39 is 0 Å². The molecule has 0 atom stereocenters. The molecule has 2 aliphatic rings. The molecule has 9 heteroatoms. The van der Waals surface area contributed by atoms with E-state index in [2.05, 4.69) is 20.9 Å². The summed E-state index contributed by atoms with van der Waals surface area (Å²) in [6, 6.07) is 18.3. The van der Waals surface area contributed by atoms with E-state index in [0.717, 1.165) is 91.9 Å². The number of rotatable bonds is 9. The number of fused-ring (bicyclic) bond motifs is 1. The van der Waals surface area contributed by atoms with E-state index in [1.807, 2.05) is 72.2 Å². The van der Waals surface area contributed by atoms with Crippen LogP contribution >= 0.6 is 0 Å². The van der Waals surface area contributed by atoms with Crippen LogP contribution in [0.25, 0.3) is 16.8 Å². The first kappa shape index (κ1) is 24.4. The van der Waals surface area contributed by atoms with E-state index >= 15 is 0 Å². The molecular formula is C29H35N7O2. The van der Waals surface area contributed by atoms with Crippen LogP contribution in [0.2, 0.25) is 0 Å². The van der Waals surface area contributed by atoms with Gasteiger partial charge in [-0.2, -0.15) is 9.61 Å². The fraction of sp³-hybridized carbons (Fsp3) is 0.345. The molecule has 198 valence electrons. The SMILES string of the molecule is Cc1cc(-c2cnn3c(NCCN4CCOCC4)cc(Nc4ccccc4)nc23)ccc1C(=O)NC1CC1.[HH]. The Balaban J connectivity index is 0.00000308. The zero-order valence-corrected chi connectivity index (χ0v) is 21.6. The third-order valence-corrected chi connectivity index (χ3v) is 7.05. The molecule has 4 aromatic rings. The number of hydrogen-bond acceptors (Lipinski definition) is 7. The fourth-order valence-corrected chi connectivity index (χ4v) is 4.77. The van der Waals surface area contributed by atoms with Crippen molar-refractivity contribution in [3.8, 4) is 11.1 Å². The summed E-state index contributed by atoms with van der Waals surface area (Å²) in [5.74, 6) is 1.59. The van der Waals surface area contributed by atoms with Crippen LogP contribution in [0.4, 0.5) is 17.3 Å². The number of morpholine rings is 1. The average Bonchev–Trinajstić information content (AvgIpc) is 3.64. The largest absolute Gasteiger partial charge is 0.379 e. The van der Waals surface area contributed by atoms with Gasteiger partial charge >= 0.3 is 0 Å². The van der Waals surface area contributed by atoms with Crippen molar-refractivity contribution in [1.82, 2.24) is 24.8 Å². The summed E-state index contributed by atoms with van der Waals surface area (Å²) in [6.45, 7) is 7.16. The number of hydrogen-bond donors (Lipinski definition) is 3. The summed E-state index contributed by atoms with van der Waals surface area (Å²) in [4.78, 5) is 20.0. The number of nitrogens with one attached hydrogen (secondary N) is 3. The van der Waals surface area contributed by atoms with Crippen molar-refractivity contribution < 1.29 is 11.0 Å². The maximum Gasteiger partial charge on any atom is 0.251 e. The molecule has 6 rings (SSSR count). The molecule has 2 fully saturated rings. The lowest BCUT2D eigenvalue weighted by atomic mass is 10.0. The molecular weight excluding hydrogens is 478 g/mol. The Kier molecular flexibility index (Phi) is 6.94. The summed E-state index contributed by atoms with van der Waals surface area (Å²) in [5, 5.41) is 14.8. The van der Waals surface area contributed by atoms with E-state index in [4.69, 9.17) is 14.8 Å². The molecule has 38 heavy (non-hydrogen) atoms. The number of aryl methyl sites for hydroxylation is 1. The van der Waals surface area contributed by atoms with Crippen LogP contribution in [0, 0.1) is 6.92 Å². The van der Waals surface area contributed by atoms with Crippen LogP contribution in [-0.4, -0.2) is 70.8 Å². The van der Waals surface area contributed by atoms with Crippen molar-refractivity contribution in [2.24, 2.45) is 0 Å². The molecule has 1 amide bonds. The highest BCUT2D eigenvalue weighted by Crippen LogP contribution is 2.30. The molecule has 2 aromatic heterocycles. The molecule has 3 heterocycles. The summed E-state index contributed by atoms with van der Waals surface area (Å²) >= 11 is 0. The molecule has 1 aliphatic heterocycles. The van der Waals surface area contributed by atoms with E-state index in [0.29, 0.717) is 11.6 Å². The summed E-state index contributed by atoms with van der Waals surface area (Å²) in [7, 11) is 0. The van der Waals surface area contributed by atoms with Crippen LogP contribution < -0.4 is 16.0 Å². The second-order valence-electron chi connectivity index (χ2n) is 9.97. The second kappa shape index (κ2) is 10.8. The number of aromatic nitrogens is 3. The first-order chi connectivity index (χ1) is 18.6. The van der Waals surface area contributed by atoms with Gasteiger partial charge in [0.05, 0.1) is 19.4 Å². The van der Waals surface area contributed by atoms with Crippen LogP contribution in [0.3, 0.4) is 0 Å². The first-order valence-corrected chi connectivity index (χ1v) is 13.3. The number of carbonyl (C=O) groups excluding carboxylic acids is 1. The standard InChI is InChI=1S/C29H33N7O2.H2/c1-20-17-21(7-10-24(20)29(37)33-23-8-9-23)25-19-31-36-27(30-11-12-35-13-15-38-16-14-35)18-26(34-28(25)36)32-22-5-3-2-4-6-22;/h2-7,10,17-19,23,30H,8-9,11-16H2,1H3,(H,32,34)(H,33,37);1H. The Morgan fingerprint density at radius 3 is 2.68 bits per heavy atom. The van der Waals surface area contributed by atoms with Gasteiger partial charge in [0.1, 0.15) is 11.6 Å². The minimum atomic E-state index is -0.00404. The third kappa shape index (κ3) is 5.49. The minimum Gasteiger partial charge on any atom is -0.379 e. The lowest BCUT2D eigenvalue weighted by Crippen LogP contribution is -2.39. The van der Waals surface area contributed by atoms with Crippen LogP contribution in [0.15, 0.2) is 60.8 Å². The Bertz CT molecular complexity index is 1430. The Morgan fingerprint density at radius 2 is 1.92 bits per heavy atom. The smallest absolute Gasteiger partial charge is 0.251 e. The van der Waals surface area contributed by atoms with Gasteiger partial charge in [-0.3, -0.25) is 9.69 Å². The maximum absolute atomic E-state index is 12.6. The summed E-state index contributed by atoms with van der Waals surface area (Å²) in [6.07, 6.45) is 3.98. The predicted molar refractivity (Wildman–Crippen MR) is 151 cm³/mol. The molecule has 9 nitrogen and oxygen atoms in total. The number of benzene rings is 2. The van der Waals surface area contributed by atoms with Gasteiger partial charge in [0.2, 0.25) is 0 Å². The van der Waals surface area contributed by atoms with Crippen LogP contribution in [0.5, 0.6) is 0 Å². The number of para-hydroxylation sites is 1. The minimum absolute atomic E-state index is 0. The van der Waals surface area contributed by atoms with Crippen molar-refractivity contribution in [1.29, 1.82) is 0 Å². The zero-order chi connectivity index (χ0) is 25.9. The van der Waals surface area contributed by atoms with E-state index in [1.54, 1.807) is 0 Å². The Hall–Kier alpha value is -3.95. The maximum atomic E-state index is 12.6. The molecule has 1 aliphatic carbocycles. The van der Waals surface area contributed by atoms with Crippen molar-refractivity contribution >= 4 is 28.9 Å². The van der Waals surface area contributed by atoms with Gasteiger partial charge in [0, 0.05) is 56.5 Å². The van der Waals surface area contributed by atoms with Gasteiger partial charge < -0.3 is 20.7 Å². The molecule has 2 aromatic carbocycles. The molecule has 0 unspecified atom stereocenters. The molecule has 3 N–H and O–H groups in total. The number of ether oxygens (including phenoxy) is 1. The topological polar surface area (TPSA) is 95.8 Å². The molecule has 1 saturated carbocycles. The highest BCUT2D eigenvalue weighted by atomic mass is 16.5. The molecule has 0 radical (unpaired) electrons. The Labute approximate surface area is 223 Å². The van der Waals surface area contributed by atoms with Crippen molar-refractivity contribution in [3.63, 3.8) is 0 Å². The van der Waals surface area contributed by atoms with Gasteiger partial charge in [0.25, 0.3) is 5.91 Å². The third-order valence-electron chi connectivity index (χ3n) is 7.05. The van der Waals surface area contributed by atoms with Gasteiger partial charge in [0.15, 0.2) is 5.65 Å². The van der Waals surface area contributed by atoms with Gasteiger partial charge in [-0.15, -0.1) is 0 Å². The lowest BCUT2D eigenvalue weighted by Gasteiger charge is -2.26. The van der Waals surface area contributed by atoms with E-state index in [9.17, 15) is 4.79 Å². The summed E-state index contributed by atoms with van der Waals surface area (Å²) in [5.41, 5.74) is 5.24. The lowest BCUT2D eigenvalue weighted by molar-refractivity contribution is 0.0398. The molecule has 0 spiro atoms. The summed E-state index contributed by atoms with van der Waals surface area (Å²) < 4.78 is 7.33. The van der Waals surface area contributed by atoms with Gasteiger partial charge in [-0.25, -0.2) is 4.98 Å². The van der Waals surface area contributed by atoms with E-state index in [1.165, 1.54) is 0 Å². The van der Waals surface area contributed by atoms with Crippen molar-refractivity contribution in [2.45, 2.75) is 25.8 Å². The monoisotopic (exact) mass is 513 g/mol. The Morgan fingerprint density at radius 1 is 1.11 bits per heavy atom. The fourth-order valence-electron chi connectivity index (χ4n) is 4.77.